The van der Waals surface area contributed by atoms with Crippen LogP contribution in [0.1, 0.15) is 12.0 Å². The van der Waals surface area contributed by atoms with Crippen molar-refractivity contribution in [1.82, 2.24) is 9.80 Å². The molecule has 1 aliphatic heterocycles. The van der Waals surface area contributed by atoms with Crippen LogP contribution in [0, 0.1) is 10.1 Å². The molecule has 1 aromatic rings. The first-order chi connectivity index (χ1) is 9.47. The van der Waals surface area contributed by atoms with Gasteiger partial charge in [0.05, 0.1) is 11.5 Å². The van der Waals surface area contributed by atoms with Gasteiger partial charge in [-0.2, -0.15) is 0 Å². The van der Waals surface area contributed by atoms with Crippen molar-refractivity contribution in [2.75, 3.05) is 32.4 Å². The zero-order chi connectivity index (χ0) is 14.7. The van der Waals surface area contributed by atoms with Crippen LogP contribution in [0.4, 0.5) is 11.4 Å². The van der Waals surface area contributed by atoms with Crippen LogP contribution in [-0.4, -0.2) is 47.3 Å². The van der Waals surface area contributed by atoms with Gasteiger partial charge in [0.1, 0.15) is 5.69 Å². The molecule has 1 aromatic carbocycles. The molecule has 2 N–H and O–H groups in total. The lowest BCUT2D eigenvalue weighted by Crippen LogP contribution is -2.34. The molecule has 1 saturated heterocycles. The minimum absolute atomic E-state index is 0.0763. The number of benzene rings is 1. The van der Waals surface area contributed by atoms with E-state index in [0.29, 0.717) is 13.1 Å². The molecule has 1 fully saturated rings. The molecule has 0 bridgehead atoms. The van der Waals surface area contributed by atoms with Gasteiger partial charge in [0, 0.05) is 32.7 Å². The summed E-state index contributed by atoms with van der Waals surface area (Å²) in [4.78, 5) is 25.9. The van der Waals surface area contributed by atoms with Crippen LogP contribution in [0.15, 0.2) is 18.2 Å². The van der Waals surface area contributed by atoms with Gasteiger partial charge in [-0.05, 0) is 18.1 Å². The number of amides is 1. The molecule has 1 heterocycles. The molecule has 0 atom stereocenters. The first-order valence-electron chi connectivity index (χ1n) is 6.46. The lowest BCUT2D eigenvalue weighted by Gasteiger charge is -2.19. The number of rotatable bonds is 3. The zero-order valence-electron chi connectivity index (χ0n) is 11.4. The Morgan fingerprint density at radius 2 is 2.15 bits per heavy atom. The Bertz CT molecular complexity index is 532. The highest BCUT2D eigenvalue weighted by Crippen LogP contribution is 2.23. The summed E-state index contributed by atoms with van der Waals surface area (Å²) in [5, 5.41) is 10.9. The molecule has 0 unspecified atom stereocenters. The molecular formula is C13H18N4O3. The maximum absolute atomic E-state index is 11.8. The van der Waals surface area contributed by atoms with Gasteiger partial charge < -0.3 is 10.6 Å². The Balaban J connectivity index is 2.11. The summed E-state index contributed by atoms with van der Waals surface area (Å²) in [6.07, 6.45) is 0.902. The van der Waals surface area contributed by atoms with E-state index in [1.807, 2.05) is 4.90 Å². The minimum Gasteiger partial charge on any atom is -0.393 e. The predicted molar refractivity (Wildman–Crippen MR) is 75.0 cm³/mol. The number of anilines is 1. The lowest BCUT2D eigenvalue weighted by atomic mass is 10.1. The van der Waals surface area contributed by atoms with Crippen LogP contribution in [0.3, 0.4) is 0 Å². The normalized spacial score (nSPS) is 17.1. The van der Waals surface area contributed by atoms with E-state index in [-0.39, 0.29) is 17.3 Å². The lowest BCUT2D eigenvalue weighted by molar-refractivity contribution is -0.384. The topological polar surface area (TPSA) is 92.7 Å². The smallest absolute Gasteiger partial charge is 0.292 e. The molecule has 0 radical (unpaired) electrons. The Morgan fingerprint density at radius 3 is 2.85 bits per heavy atom. The molecule has 0 aliphatic carbocycles. The van der Waals surface area contributed by atoms with Crippen LogP contribution >= 0.6 is 0 Å². The average molecular weight is 278 g/mol. The van der Waals surface area contributed by atoms with Crippen molar-refractivity contribution < 1.29 is 9.72 Å². The summed E-state index contributed by atoms with van der Waals surface area (Å²) >= 11 is 0. The van der Waals surface area contributed by atoms with Crippen LogP contribution in [-0.2, 0) is 11.3 Å². The van der Waals surface area contributed by atoms with E-state index in [9.17, 15) is 14.9 Å². The second kappa shape index (κ2) is 5.87. The van der Waals surface area contributed by atoms with Crippen LogP contribution < -0.4 is 5.73 Å². The van der Waals surface area contributed by atoms with Gasteiger partial charge >= 0.3 is 0 Å². The summed E-state index contributed by atoms with van der Waals surface area (Å²) in [6, 6.07) is 4.79. The number of hydrogen-bond acceptors (Lipinski definition) is 5. The second-order valence-electron chi connectivity index (χ2n) is 5.03. The van der Waals surface area contributed by atoms with Gasteiger partial charge in [0.25, 0.3) is 5.69 Å². The van der Waals surface area contributed by atoms with Gasteiger partial charge in [0.15, 0.2) is 0 Å². The molecule has 2 rings (SSSR count). The summed E-state index contributed by atoms with van der Waals surface area (Å²) in [7, 11) is 1.79. The molecule has 7 nitrogen and oxygen atoms in total. The molecule has 1 aliphatic rings. The quantitative estimate of drug-likeness (QED) is 0.502. The van der Waals surface area contributed by atoms with Crippen molar-refractivity contribution in [3.8, 4) is 0 Å². The fourth-order valence-electron chi connectivity index (χ4n) is 2.29. The molecule has 7 heteroatoms. The third-order valence-electron chi connectivity index (χ3n) is 3.45. The molecule has 0 aromatic heterocycles. The van der Waals surface area contributed by atoms with E-state index in [1.54, 1.807) is 24.1 Å². The largest absolute Gasteiger partial charge is 0.393 e. The van der Waals surface area contributed by atoms with Gasteiger partial charge in [-0.1, -0.05) is 6.07 Å². The van der Waals surface area contributed by atoms with Crippen molar-refractivity contribution in [2.45, 2.75) is 13.0 Å². The summed E-state index contributed by atoms with van der Waals surface area (Å²) in [6.45, 7) is 2.40. The first kappa shape index (κ1) is 14.3. The van der Waals surface area contributed by atoms with E-state index in [1.165, 1.54) is 6.07 Å². The molecule has 0 spiro atoms. The zero-order valence-corrected chi connectivity index (χ0v) is 11.4. The summed E-state index contributed by atoms with van der Waals surface area (Å²) < 4.78 is 0. The standard InChI is InChI=1S/C13H18N4O3/c1-15-5-2-6-16(9-13(15)18)8-10-3-4-11(14)12(7-10)17(19)20/h3-4,7H,2,5-6,8-9,14H2,1H3. The van der Waals surface area contributed by atoms with Crippen molar-refractivity contribution in [3.63, 3.8) is 0 Å². The van der Waals surface area contributed by atoms with E-state index in [4.69, 9.17) is 5.73 Å². The summed E-state index contributed by atoms with van der Waals surface area (Å²) in [5.74, 6) is 0.0763. The number of carbonyl (C=O) groups is 1. The molecule has 20 heavy (non-hydrogen) atoms. The van der Waals surface area contributed by atoms with Crippen molar-refractivity contribution in [1.29, 1.82) is 0 Å². The maximum atomic E-state index is 11.8. The highest BCUT2D eigenvalue weighted by molar-refractivity contribution is 5.78. The van der Waals surface area contributed by atoms with Crippen molar-refractivity contribution >= 4 is 17.3 Å². The Labute approximate surface area is 117 Å². The number of likely N-dealkylation sites (N-methyl/N-ethyl adjacent to an activating group) is 1. The van der Waals surface area contributed by atoms with Crippen LogP contribution in [0.25, 0.3) is 0 Å². The SMILES string of the molecule is CN1CCCN(Cc2ccc(N)c([N+](=O)[O-])c2)CC1=O. The number of nitrogens with zero attached hydrogens (tertiary/aromatic N) is 3. The van der Waals surface area contributed by atoms with E-state index in [0.717, 1.165) is 25.1 Å². The Morgan fingerprint density at radius 1 is 1.40 bits per heavy atom. The predicted octanol–water partition coefficient (Wildman–Crippen LogP) is 0.841. The Hall–Kier alpha value is -2.15. The molecule has 0 saturated carbocycles. The average Bonchev–Trinajstić information content (AvgIpc) is 2.54. The number of nitro groups is 1. The van der Waals surface area contributed by atoms with E-state index < -0.39 is 4.92 Å². The number of nitrogen functional groups attached to an aromatic ring is 1. The fraction of sp³-hybridized carbons (Fsp3) is 0.462. The van der Waals surface area contributed by atoms with E-state index in [2.05, 4.69) is 0 Å². The van der Waals surface area contributed by atoms with Gasteiger partial charge in [-0.15, -0.1) is 0 Å². The van der Waals surface area contributed by atoms with Crippen molar-refractivity contribution in [2.24, 2.45) is 0 Å². The highest BCUT2D eigenvalue weighted by atomic mass is 16.6. The fourth-order valence-corrected chi connectivity index (χ4v) is 2.29. The first-order valence-corrected chi connectivity index (χ1v) is 6.46. The second-order valence-corrected chi connectivity index (χ2v) is 5.03. The summed E-state index contributed by atoms with van der Waals surface area (Å²) in [5.41, 5.74) is 6.44. The number of nitrogens with two attached hydrogens (primary N) is 1. The van der Waals surface area contributed by atoms with Gasteiger partial charge in [-0.25, -0.2) is 0 Å². The van der Waals surface area contributed by atoms with Crippen LogP contribution in [0.2, 0.25) is 0 Å². The third kappa shape index (κ3) is 3.24. The molecule has 108 valence electrons. The Kier molecular flexibility index (Phi) is 4.19. The highest BCUT2D eigenvalue weighted by Gasteiger charge is 2.20. The van der Waals surface area contributed by atoms with Crippen molar-refractivity contribution in [3.05, 3.63) is 33.9 Å². The van der Waals surface area contributed by atoms with E-state index >= 15 is 0 Å². The molecule has 1 amide bonds. The monoisotopic (exact) mass is 278 g/mol. The number of carbonyl (C=O) groups excluding carboxylic acids is 1. The third-order valence-corrected chi connectivity index (χ3v) is 3.45. The van der Waals surface area contributed by atoms with Crippen LogP contribution in [0.5, 0.6) is 0 Å². The molecular weight excluding hydrogens is 260 g/mol. The maximum Gasteiger partial charge on any atom is 0.292 e. The van der Waals surface area contributed by atoms with Gasteiger partial charge in [0.2, 0.25) is 5.91 Å². The minimum atomic E-state index is -0.486. The van der Waals surface area contributed by atoms with Gasteiger partial charge in [-0.3, -0.25) is 19.8 Å². The number of hydrogen-bond donors (Lipinski definition) is 1. The number of nitro benzene ring substituents is 1.